The third-order valence-electron chi connectivity index (χ3n) is 7.07. The topological polar surface area (TPSA) is 48.0 Å². The van der Waals surface area contributed by atoms with Gasteiger partial charge in [0.2, 0.25) is 0 Å². The number of esters is 1. The van der Waals surface area contributed by atoms with Crippen molar-refractivity contribution in [1.82, 2.24) is 0 Å². The van der Waals surface area contributed by atoms with Gasteiger partial charge in [-0.2, -0.15) is 0 Å². The minimum absolute atomic E-state index is 0.0807. The summed E-state index contributed by atoms with van der Waals surface area (Å²) < 4.78 is 11.3. The molecule has 5 heteroatoms. The van der Waals surface area contributed by atoms with Crippen LogP contribution in [-0.4, -0.2) is 26.3 Å². The van der Waals surface area contributed by atoms with E-state index in [0.717, 1.165) is 28.1 Å². The fraction of sp³-hybridized carbons (Fsp3) is 0.321. The van der Waals surface area contributed by atoms with Crippen molar-refractivity contribution in [1.29, 1.82) is 0 Å². The van der Waals surface area contributed by atoms with Crippen molar-refractivity contribution < 1.29 is 19.1 Å². The Hall–Kier alpha value is -3.31. The van der Waals surface area contributed by atoms with Gasteiger partial charge in [-0.15, -0.1) is 0 Å². The summed E-state index contributed by atoms with van der Waals surface area (Å²) in [7, 11) is 1.74. The Morgan fingerprint density at radius 2 is 1.79 bits per heavy atom. The van der Waals surface area contributed by atoms with Crippen LogP contribution in [0.5, 0.6) is 5.75 Å². The molecular formula is C28H29NO4. The molecule has 2 atom stereocenters. The Bertz CT molecular complexity index is 1180. The molecule has 33 heavy (non-hydrogen) atoms. The summed E-state index contributed by atoms with van der Waals surface area (Å²) in [6.45, 7) is 7.40. The third kappa shape index (κ3) is 3.47. The monoisotopic (exact) mass is 443 g/mol. The highest BCUT2D eigenvalue weighted by molar-refractivity contribution is 5.90. The van der Waals surface area contributed by atoms with Crippen molar-refractivity contribution in [3.63, 3.8) is 0 Å². The van der Waals surface area contributed by atoms with Crippen molar-refractivity contribution in [2.45, 2.75) is 32.2 Å². The van der Waals surface area contributed by atoms with Crippen molar-refractivity contribution in [3.05, 3.63) is 83.4 Å². The fourth-order valence-electron chi connectivity index (χ4n) is 5.24. The average Bonchev–Trinajstić information content (AvgIpc) is 2.84. The maximum absolute atomic E-state index is 12.0. The Labute approximate surface area is 194 Å². The van der Waals surface area contributed by atoms with E-state index >= 15 is 0 Å². The Balaban J connectivity index is 1.56. The highest BCUT2D eigenvalue weighted by Crippen LogP contribution is 2.55. The lowest BCUT2D eigenvalue weighted by Crippen LogP contribution is -2.51. The Morgan fingerprint density at radius 1 is 1.06 bits per heavy atom. The summed E-state index contributed by atoms with van der Waals surface area (Å²) in [5, 5.41) is 2.04. The molecule has 0 saturated carbocycles. The SMILES string of the molecule is CCOC(=O)c1ccc(-c2ccc3c(c2)C(C)(C)[C@@H]2COc4ccccc4[C@H]2N3OC)cc1. The molecule has 3 aromatic carbocycles. The molecule has 0 aliphatic carbocycles. The van der Waals surface area contributed by atoms with Gasteiger partial charge in [0.1, 0.15) is 5.75 Å². The molecule has 0 saturated heterocycles. The normalized spacial score (nSPS) is 20.2. The first-order valence-corrected chi connectivity index (χ1v) is 11.4. The number of anilines is 1. The Kier molecular flexibility index (Phi) is 5.37. The molecule has 3 aromatic rings. The van der Waals surface area contributed by atoms with Crippen LogP contribution < -0.4 is 9.80 Å². The van der Waals surface area contributed by atoms with Gasteiger partial charge in [-0.05, 0) is 53.9 Å². The van der Waals surface area contributed by atoms with Crippen LogP contribution in [-0.2, 0) is 15.0 Å². The van der Waals surface area contributed by atoms with E-state index in [1.807, 2.05) is 48.4 Å². The Morgan fingerprint density at radius 3 is 2.52 bits per heavy atom. The van der Waals surface area contributed by atoms with E-state index in [0.29, 0.717) is 18.8 Å². The average molecular weight is 444 g/mol. The molecule has 2 aliphatic heterocycles. The molecule has 0 amide bonds. The molecule has 0 fully saturated rings. The molecule has 5 nitrogen and oxygen atoms in total. The number of fused-ring (bicyclic) bond motifs is 4. The standard InChI is InChI=1S/C28H29NO4/c1-5-32-27(30)19-12-10-18(11-13-19)20-14-15-24-22(16-20)28(2,3)23-17-33-25-9-7-6-8-21(25)26(23)29(24)31-4/h6-16,23,26H,5,17H2,1-4H3/t23-,26-/m1/s1. The molecular weight excluding hydrogens is 414 g/mol. The maximum atomic E-state index is 12.0. The van der Waals surface area contributed by atoms with Gasteiger partial charge < -0.3 is 9.47 Å². The number of hydroxylamine groups is 1. The molecule has 0 aromatic heterocycles. The molecule has 0 N–H and O–H groups in total. The molecule has 170 valence electrons. The second-order valence-corrected chi connectivity index (χ2v) is 9.16. The van der Waals surface area contributed by atoms with E-state index in [2.05, 4.69) is 44.2 Å². The number of rotatable bonds is 4. The molecule has 0 radical (unpaired) electrons. The molecule has 0 spiro atoms. The number of nitrogens with zero attached hydrogens (tertiary/aromatic N) is 1. The zero-order chi connectivity index (χ0) is 23.2. The number of hydrogen-bond donors (Lipinski definition) is 0. The van der Waals surface area contributed by atoms with Crippen molar-refractivity contribution in [2.24, 2.45) is 5.92 Å². The van der Waals surface area contributed by atoms with Crippen LogP contribution in [0.1, 0.15) is 48.3 Å². The smallest absolute Gasteiger partial charge is 0.338 e. The van der Waals surface area contributed by atoms with E-state index in [1.54, 1.807) is 7.11 Å². The quantitative estimate of drug-likeness (QED) is 0.467. The first kappa shape index (κ1) is 21.5. The lowest BCUT2D eigenvalue weighted by molar-refractivity contribution is 0.0442. The van der Waals surface area contributed by atoms with Crippen LogP contribution in [0.3, 0.4) is 0 Å². The van der Waals surface area contributed by atoms with Crippen molar-refractivity contribution >= 4 is 11.7 Å². The summed E-state index contributed by atoms with van der Waals surface area (Å²) >= 11 is 0. The largest absolute Gasteiger partial charge is 0.493 e. The predicted octanol–water partition coefficient (Wildman–Crippen LogP) is 5.94. The van der Waals surface area contributed by atoms with Gasteiger partial charge in [0.05, 0.1) is 37.6 Å². The van der Waals surface area contributed by atoms with Crippen molar-refractivity contribution in [3.8, 4) is 16.9 Å². The number of para-hydroxylation sites is 1. The minimum atomic E-state index is -0.296. The lowest BCUT2D eigenvalue weighted by atomic mass is 9.65. The van der Waals surface area contributed by atoms with Crippen LogP contribution in [0.4, 0.5) is 5.69 Å². The van der Waals surface area contributed by atoms with Crippen LogP contribution in [0, 0.1) is 5.92 Å². The predicted molar refractivity (Wildman–Crippen MR) is 129 cm³/mol. The van der Waals surface area contributed by atoms with Gasteiger partial charge in [0.15, 0.2) is 0 Å². The lowest BCUT2D eigenvalue weighted by Gasteiger charge is -2.52. The van der Waals surface area contributed by atoms with Crippen LogP contribution in [0.2, 0.25) is 0 Å². The fourth-order valence-corrected chi connectivity index (χ4v) is 5.24. The summed E-state index contributed by atoms with van der Waals surface area (Å²) in [4.78, 5) is 18.0. The number of hydrogen-bond acceptors (Lipinski definition) is 5. The molecule has 5 rings (SSSR count). The first-order chi connectivity index (χ1) is 16.0. The van der Waals surface area contributed by atoms with E-state index in [1.165, 1.54) is 5.56 Å². The van der Waals surface area contributed by atoms with Crippen LogP contribution >= 0.6 is 0 Å². The van der Waals surface area contributed by atoms with Crippen LogP contribution in [0.15, 0.2) is 66.7 Å². The summed E-state index contributed by atoms with van der Waals surface area (Å²) in [6.07, 6.45) is 0. The van der Waals surface area contributed by atoms with E-state index < -0.39 is 0 Å². The van der Waals surface area contributed by atoms with Gasteiger partial charge in [0.25, 0.3) is 0 Å². The van der Waals surface area contributed by atoms with Gasteiger partial charge in [-0.1, -0.05) is 50.2 Å². The first-order valence-electron chi connectivity index (χ1n) is 11.4. The summed E-state index contributed by atoms with van der Waals surface area (Å²) in [5.74, 6) is 0.856. The summed E-state index contributed by atoms with van der Waals surface area (Å²) in [5.41, 5.74) is 6.04. The van der Waals surface area contributed by atoms with Gasteiger partial charge in [-0.25, -0.2) is 9.86 Å². The van der Waals surface area contributed by atoms with E-state index in [9.17, 15) is 4.79 Å². The van der Waals surface area contributed by atoms with Crippen LogP contribution in [0.25, 0.3) is 11.1 Å². The minimum Gasteiger partial charge on any atom is -0.493 e. The van der Waals surface area contributed by atoms with E-state index in [4.69, 9.17) is 14.3 Å². The second kappa shape index (κ2) is 8.23. The zero-order valence-corrected chi connectivity index (χ0v) is 19.5. The number of carbonyl (C=O) groups is 1. The number of ether oxygens (including phenoxy) is 2. The highest BCUT2D eigenvalue weighted by atomic mass is 16.7. The number of benzene rings is 3. The second-order valence-electron chi connectivity index (χ2n) is 9.16. The highest BCUT2D eigenvalue weighted by Gasteiger charge is 2.50. The zero-order valence-electron chi connectivity index (χ0n) is 19.5. The molecule has 0 bridgehead atoms. The molecule has 2 aliphatic rings. The van der Waals surface area contributed by atoms with Gasteiger partial charge in [-0.3, -0.25) is 4.84 Å². The molecule has 2 heterocycles. The maximum Gasteiger partial charge on any atom is 0.338 e. The number of carbonyl (C=O) groups excluding carboxylic acids is 1. The van der Waals surface area contributed by atoms with E-state index in [-0.39, 0.29) is 23.3 Å². The van der Waals surface area contributed by atoms with Gasteiger partial charge >= 0.3 is 5.97 Å². The molecule has 0 unspecified atom stereocenters. The van der Waals surface area contributed by atoms with Crippen molar-refractivity contribution in [2.75, 3.05) is 25.4 Å². The van der Waals surface area contributed by atoms with Gasteiger partial charge in [0, 0.05) is 16.9 Å². The third-order valence-corrected chi connectivity index (χ3v) is 7.07. The summed E-state index contributed by atoms with van der Waals surface area (Å²) in [6, 6.07) is 22.4.